The minimum Gasteiger partial charge on any atom is -0.483 e. The fourth-order valence-corrected chi connectivity index (χ4v) is 2.25. The van der Waals surface area contributed by atoms with E-state index in [1.54, 1.807) is 31.2 Å². The van der Waals surface area contributed by atoms with Gasteiger partial charge in [-0.25, -0.2) is 0 Å². The molecule has 2 rings (SSSR count). The van der Waals surface area contributed by atoms with Crippen molar-refractivity contribution in [2.24, 2.45) is 0 Å². The first-order valence-corrected chi connectivity index (χ1v) is 7.02. The van der Waals surface area contributed by atoms with Crippen molar-refractivity contribution < 1.29 is 9.53 Å². The summed E-state index contributed by atoms with van der Waals surface area (Å²) in [7, 11) is 0. The monoisotopic (exact) mass is 283 g/mol. The topological polar surface area (TPSA) is 52.3 Å². The van der Waals surface area contributed by atoms with Crippen molar-refractivity contribution in [2.45, 2.75) is 33.8 Å². The van der Waals surface area contributed by atoms with Crippen LogP contribution in [0.4, 0.5) is 5.69 Å². The van der Waals surface area contributed by atoms with Crippen LogP contribution in [0.3, 0.4) is 0 Å². The van der Waals surface area contributed by atoms with E-state index in [9.17, 15) is 4.79 Å². The van der Waals surface area contributed by atoms with E-state index in [-0.39, 0.29) is 5.78 Å². The molecule has 3 nitrogen and oxygen atoms in total. The summed E-state index contributed by atoms with van der Waals surface area (Å²) in [5, 5.41) is 0. The van der Waals surface area contributed by atoms with Crippen molar-refractivity contribution in [1.29, 1.82) is 0 Å². The van der Waals surface area contributed by atoms with Crippen LogP contribution < -0.4 is 10.5 Å². The van der Waals surface area contributed by atoms with Gasteiger partial charge in [-0.05, 0) is 74.7 Å². The van der Waals surface area contributed by atoms with E-state index >= 15 is 0 Å². The Morgan fingerprint density at radius 2 is 1.57 bits per heavy atom. The number of hydrogen-bond acceptors (Lipinski definition) is 3. The largest absolute Gasteiger partial charge is 0.483 e. The fraction of sp³-hybridized carbons (Fsp3) is 0.278. The van der Waals surface area contributed by atoms with Gasteiger partial charge >= 0.3 is 0 Å². The Morgan fingerprint density at radius 3 is 2.19 bits per heavy atom. The van der Waals surface area contributed by atoms with E-state index in [4.69, 9.17) is 10.5 Å². The number of benzene rings is 2. The van der Waals surface area contributed by atoms with Crippen LogP contribution in [0.1, 0.15) is 34.0 Å². The zero-order valence-electron chi connectivity index (χ0n) is 12.9. The Labute approximate surface area is 125 Å². The molecule has 0 saturated carbocycles. The van der Waals surface area contributed by atoms with Gasteiger partial charge in [0.25, 0.3) is 0 Å². The summed E-state index contributed by atoms with van der Waals surface area (Å²) in [5.41, 5.74) is 10.3. The van der Waals surface area contributed by atoms with Gasteiger partial charge in [0.1, 0.15) is 5.75 Å². The van der Waals surface area contributed by atoms with Gasteiger partial charge in [-0.1, -0.05) is 6.07 Å². The maximum Gasteiger partial charge on any atom is 0.203 e. The Bertz CT molecular complexity index is 660. The SMILES string of the molecule is Cc1cc(C)c(C(=O)C(C)Oc2ccc(N)cc2)cc1C. The lowest BCUT2D eigenvalue weighted by atomic mass is 9.96. The molecule has 0 aliphatic heterocycles. The van der Waals surface area contributed by atoms with E-state index in [2.05, 4.69) is 0 Å². The fourth-order valence-electron chi connectivity index (χ4n) is 2.25. The molecule has 1 unspecified atom stereocenters. The number of nitrogen functional groups attached to an aromatic ring is 1. The number of ether oxygens (including phenoxy) is 1. The van der Waals surface area contributed by atoms with E-state index in [1.165, 1.54) is 5.56 Å². The molecule has 1 atom stereocenters. The van der Waals surface area contributed by atoms with E-state index < -0.39 is 6.10 Å². The average Bonchev–Trinajstić information content (AvgIpc) is 2.44. The first-order chi connectivity index (χ1) is 9.88. The lowest BCUT2D eigenvalue weighted by molar-refractivity contribution is 0.0817. The second-order valence-corrected chi connectivity index (χ2v) is 5.44. The van der Waals surface area contributed by atoms with Gasteiger partial charge in [-0.2, -0.15) is 0 Å². The molecule has 0 spiro atoms. The highest BCUT2D eigenvalue weighted by Crippen LogP contribution is 2.20. The zero-order valence-corrected chi connectivity index (χ0v) is 12.9. The van der Waals surface area contributed by atoms with E-state index in [0.29, 0.717) is 11.4 Å². The normalized spacial score (nSPS) is 12.0. The molecule has 0 saturated heterocycles. The highest BCUT2D eigenvalue weighted by Gasteiger charge is 2.19. The Balaban J connectivity index is 2.19. The predicted molar refractivity (Wildman–Crippen MR) is 85.9 cm³/mol. The Kier molecular flexibility index (Phi) is 4.32. The van der Waals surface area contributed by atoms with Crippen LogP contribution in [0.2, 0.25) is 0 Å². The molecule has 0 aliphatic rings. The number of rotatable bonds is 4. The van der Waals surface area contributed by atoms with Crippen molar-refractivity contribution in [3.63, 3.8) is 0 Å². The molecule has 2 N–H and O–H groups in total. The van der Waals surface area contributed by atoms with E-state index in [0.717, 1.165) is 16.7 Å². The van der Waals surface area contributed by atoms with Crippen LogP contribution in [0, 0.1) is 20.8 Å². The van der Waals surface area contributed by atoms with Crippen LogP contribution in [-0.2, 0) is 0 Å². The first kappa shape index (κ1) is 15.1. The molecule has 2 aromatic carbocycles. The molecule has 0 fully saturated rings. The maximum atomic E-state index is 12.6. The highest BCUT2D eigenvalue weighted by atomic mass is 16.5. The molecular weight excluding hydrogens is 262 g/mol. The van der Waals surface area contributed by atoms with Crippen LogP contribution in [0.5, 0.6) is 5.75 Å². The molecular formula is C18H21NO2. The Hall–Kier alpha value is -2.29. The minimum atomic E-state index is -0.533. The average molecular weight is 283 g/mol. The van der Waals surface area contributed by atoms with Gasteiger partial charge in [0.15, 0.2) is 6.10 Å². The number of carbonyl (C=O) groups excluding carboxylic acids is 1. The van der Waals surface area contributed by atoms with Crippen molar-refractivity contribution in [3.8, 4) is 5.75 Å². The first-order valence-electron chi connectivity index (χ1n) is 7.02. The Morgan fingerprint density at radius 1 is 1.00 bits per heavy atom. The summed E-state index contributed by atoms with van der Waals surface area (Å²) in [6.07, 6.45) is -0.533. The number of carbonyl (C=O) groups is 1. The van der Waals surface area contributed by atoms with Gasteiger partial charge in [-0.3, -0.25) is 4.79 Å². The lowest BCUT2D eigenvalue weighted by Gasteiger charge is -2.16. The summed E-state index contributed by atoms with van der Waals surface area (Å²) in [6.45, 7) is 7.78. The van der Waals surface area contributed by atoms with Crippen molar-refractivity contribution in [3.05, 3.63) is 58.7 Å². The summed E-state index contributed by atoms with van der Waals surface area (Å²) in [4.78, 5) is 12.6. The van der Waals surface area contributed by atoms with Crippen molar-refractivity contribution >= 4 is 11.5 Å². The van der Waals surface area contributed by atoms with Crippen LogP contribution in [-0.4, -0.2) is 11.9 Å². The smallest absolute Gasteiger partial charge is 0.203 e. The highest BCUT2D eigenvalue weighted by molar-refractivity contribution is 6.00. The number of ketones is 1. The zero-order chi connectivity index (χ0) is 15.6. The van der Waals surface area contributed by atoms with Crippen molar-refractivity contribution in [2.75, 3.05) is 5.73 Å². The minimum absolute atomic E-state index is 0.00701. The molecule has 21 heavy (non-hydrogen) atoms. The van der Waals surface area contributed by atoms with Crippen LogP contribution >= 0.6 is 0 Å². The second kappa shape index (κ2) is 6.00. The van der Waals surface area contributed by atoms with Crippen LogP contribution in [0.15, 0.2) is 36.4 Å². The molecule has 0 amide bonds. The molecule has 2 aromatic rings. The molecule has 0 aliphatic carbocycles. The molecule has 3 heteroatoms. The maximum absolute atomic E-state index is 12.6. The number of hydrogen-bond donors (Lipinski definition) is 1. The molecule has 110 valence electrons. The number of Topliss-reactive ketones (excluding diaryl/α,β-unsaturated/α-hetero) is 1. The van der Waals surface area contributed by atoms with Crippen LogP contribution in [0.25, 0.3) is 0 Å². The molecule has 0 bridgehead atoms. The third kappa shape index (κ3) is 3.43. The van der Waals surface area contributed by atoms with Gasteiger partial charge < -0.3 is 10.5 Å². The summed E-state index contributed by atoms with van der Waals surface area (Å²) < 4.78 is 5.71. The quantitative estimate of drug-likeness (QED) is 0.685. The summed E-state index contributed by atoms with van der Waals surface area (Å²) >= 11 is 0. The van der Waals surface area contributed by atoms with Gasteiger partial charge in [0.05, 0.1) is 0 Å². The predicted octanol–water partition coefficient (Wildman–Crippen LogP) is 3.84. The number of aryl methyl sites for hydroxylation is 3. The number of anilines is 1. The third-order valence-electron chi connectivity index (χ3n) is 3.67. The second-order valence-electron chi connectivity index (χ2n) is 5.44. The van der Waals surface area contributed by atoms with Gasteiger partial charge in [0, 0.05) is 11.3 Å². The molecule has 0 aromatic heterocycles. The van der Waals surface area contributed by atoms with E-state index in [1.807, 2.05) is 32.9 Å². The van der Waals surface area contributed by atoms with Gasteiger partial charge in [0.2, 0.25) is 5.78 Å². The summed E-state index contributed by atoms with van der Waals surface area (Å²) in [5.74, 6) is 0.638. The number of nitrogens with two attached hydrogens (primary N) is 1. The standard InChI is InChI=1S/C18H21NO2/c1-11-9-13(3)17(10-12(11)2)18(20)14(4)21-16-7-5-15(19)6-8-16/h5-10,14H,19H2,1-4H3. The third-order valence-corrected chi connectivity index (χ3v) is 3.67. The molecule has 0 heterocycles. The lowest BCUT2D eigenvalue weighted by Crippen LogP contribution is -2.24. The van der Waals surface area contributed by atoms with Gasteiger partial charge in [-0.15, -0.1) is 0 Å². The molecule has 0 radical (unpaired) electrons. The summed E-state index contributed by atoms with van der Waals surface area (Å²) in [6, 6.07) is 11.0. The van der Waals surface area contributed by atoms with Crippen molar-refractivity contribution in [1.82, 2.24) is 0 Å².